The van der Waals surface area contributed by atoms with Crippen molar-refractivity contribution >= 4 is 22.6 Å². The molecular formula is C19H23FN6O. The predicted octanol–water partition coefficient (Wildman–Crippen LogP) is 2.69. The average Bonchev–Trinajstić information content (AvgIpc) is 3.08. The van der Waals surface area contributed by atoms with E-state index in [9.17, 15) is 4.39 Å². The van der Waals surface area contributed by atoms with E-state index in [4.69, 9.17) is 4.52 Å². The molecule has 0 unspecified atom stereocenters. The van der Waals surface area contributed by atoms with Gasteiger partial charge in [0.15, 0.2) is 0 Å². The van der Waals surface area contributed by atoms with Crippen LogP contribution in [0, 0.1) is 12.7 Å². The highest BCUT2D eigenvalue weighted by Crippen LogP contribution is 2.22. The Balaban J connectivity index is 1.22. The third-order valence-electron chi connectivity index (χ3n) is 4.95. The minimum Gasteiger partial charge on any atom is -0.369 e. The van der Waals surface area contributed by atoms with Crippen molar-refractivity contribution in [2.45, 2.75) is 13.3 Å². The monoisotopic (exact) mass is 370 g/mol. The van der Waals surface area contributed by atoms with Gasteiger partial charge in [0.2, 0.25) is 0 Å². The number of hydrogen-bond acceptors (Lipinski definition) is 7. The summed E-state index contributed by atoms with van der Waals surface area (Å²) in [5.41, 5.74) is 2.40. The van der Waals surface area contributed by atoms with Crippen LogP contribution in [0.4, 0.5) is 15.9 Å². The first-order valence-electron chi connectivity index (χ1n) is 9.24. The zero-order valence-electron chi connectivity index (χ0n) is 15.4. The minimum absolute atomic E-state index is 0.188. The average molecular weight is 370 g/mol. The van der Waals surface area contributed by atoms with E-state index >= 15 is 0 Å². The van der Waals surface area contributed by atoms with Gasteiger partial charge in [-0.1, -0.05) is 5.16 Å². The van der Waals surface area contributed by atoms with Crippen LogP contribution in [0.15, 0.2) is 35.1 Å². The normalized spacial score (nSPS) is 15.4. The molecule has 0 bridgehead atoms. The fraction of sp³-hybridized carbons (Fsp3) is 0.421. The van der Waals surface area contributed by atoms with Crippen molar-refractivity contribution < 1.29 is 8.91 Å². The van der Waals surface area contributed by atoms with Crippen LogP contribution in [0.2, 0.25) is 0 Å². The molecule has 0 saturated carbocycles. The molecule has 0 radical (unpaired) electrons. The van der Waals surface area contributed by atoms with Crippen molar-refractivity contribution in [2.24, 2.45) is 0 Å². The van der Waals surface area contributed by atoms with Gasteiger partial charge in [0.05, 0.1) is 5.69 Å². The van der Waals surface area contributed by atoms with E-state index in [1.807, 2.05) is 19.1 Å². The molecule has 1 saturated heterocycles. The molecule has 0 amide bonds. The molecular weight excluding hydrogens is 347 g/mol. The summed E-state index contributed by atoms with van der Waals surface area (Å²) in [4.78, 5) is 13.2. The maximum absolute atomic E-state index is 13.1. The number of rotatable bonds is 6. The smallest absolute Gasteiger partial charge is 0.263 e. The lowest BCUT2D eigenvalue weighted by Gasteiger charge is -2.36. The van der Waals surface area contributed by atoms with Gasteiger partial charge in [-0.15, -0.1) is 0 Å². The second-order valence-corrected chi connectivity index (χ2v) is 6.76. The first kappa shape index (κ1) is 17.7. The van der Waals surface area contributed by atoms with Crippen molar-refractivity contribution in [2.75, 3.05) is 49.5 Å². The van der Waals surface area contributed by atoms with Gasteiger partial charge in [0, 0.05) is 38.4 Å². The molecule has 27 heavy (non-hydrogen) atoms. The highest BCUT2D eigenvalue weighted by atomic mass is 19.1. The maximum Gasteiger partial charge on any atom is 0.263 e. The quantitative estimate of drug-likeness (QED) is 0.669. The van der Waals surface area contributed by atoms with Gasteiger partial charge in [-0.05, 0) is 44.2 Å². The van der Waals surface area contributed by atoms with Crippen LogP contribution in [-0.4, -0.2) is 59.3 Å². The highest BCUT2D eigenvalue weighted by Gasteiger charge is 2.17. The van der Waals surface area contributed by atoms with Crippen LogP contribution < -0.4 is 10.2 Å². The molecule has 3 heterocycles. The van der Waals surface area contributed by atoms with Crippen LogP contribution in [0.1, 0.15) is 12.1 Å². The summed E-state index contributed by atoms with van der Waals surface area (Å²) >= 11 is 0. The topological polar surface area (TPSA) is 70.3 Å². The Morgan fingerprint density at radius 3 is 2.67 bits per heavy atom. The molecule has 3 aromatic rings. The maximum atomic E-state index is 13.1. The zero-order chi connectivity index (χ0) is 18.6. The van der Waals surface area contributed by atoms with E-state index in [0.29, 0.717) is 5.71 Å². The van der Waals surface area contributed by atoms with Crippen LogP contribution >= 0.6 is 0 Å². The zero-order valence-corrected chi connectivity index (χ0v) is 15.4. The van der Waals surface area contributed by atoms with E-state index in [2.05, 4.69) is 30.2 Å². The van der Waals surface area contributed by atoms with E-state index in [1.165, 1.54) is 18.5 Å². The molecule has 1 aromatic carbocycles. The standard InChI is InChI=1S/C19H23FN6O/c1-14-17-18(22-13-23-19(17)27-24-14)21-7-2-8-25-9-11-26(12-10-25)16-5-3-15(20)4-6-16/h3-6,13H,2,7-12H2,1H3,(H,21,22,23). The summed E-state index contributed by atoms with van der Waals surface area (Å²) in [6.07, 6.45) is 2.51. The van der Waals surface area contributed by atoms with Crippen LogP contribution in [-0.2, 0) is 0 Å². The summed E-state index contributed by atoms with van der Waals surface area (Å²) in [6.45, 7) is 7.70. The number of nitrogens with zero attached hydrogens (tertiary/aromatic N) is 5. The van der Waals surface area contributed by atoms with Gasteiger partial charge in [0.25, 0.3) is 5.71 Å². The number of benzene rings is 1. The Morgan fingerprint density at radius 1 is 1.11 bits per heavy atom. The number of fused-ring (bicyclic) bond motifs is 1. The molecule has 0 atom stereocenters. The van der Waals surface area contributed by atoms with Gasteiger partial charge >= 0.3 is 0 Å². The van der Waals surface area contributed by atoms with Crippen LogP contribution in [0.3, 0.4) is 0 Å². The summed E-state index contributed by atoms with van der Waals surface area (Å²) in [5.74, 6) is 0.590. The molecule has 1 N–H and O–H groups in total. The minimum atomic E-state index is -0.188. The lowest BCUT2D eigenvalue weighted by molar-refractivity contribution is 0.257. The largest absolute Gasteiger partial charge is 0.369 e. The molecule has 1 fully saturated rings. The molecule has 142 valence electrons. The van der Waals surface area contributed by atoms with Gasteiger partial charge < -0.3 is 14.7 Å². The van der Waals surface area contributed by atoms with Crippen molar-refractivity contribution in [1.82, 2.24) is 20.0 Å². The third kappa shape index (κ3) is 4.00. The molecule has 0 spiro atoms. The number of aromatic nitrogens is 3. The van der Waals surface area contributed by atoms with Crippen molar-refractivity contribution in [3.05, 3.63) is 42.1 Å². The fourth-order valence-corrected chi connectivity index (χ4v) is 3.45. The first-order valence-corrected chi connectivity index (χ1v) is 9.24. The molecule has 2 aromatic heterocycles. The third-order valence-corrected chi connectivity index (χ3v) is 4.95. The number of aryl methyl sites for hydroxylation is 1. The fourth-order valence-electron chi connectivity index (χ4n) is 3.45. The number of piperazine rings is 1. The first-order chi connectivity index (χ1) is 13.2. The Morgan fingerprint density at radius 2 is 1.89 bits per heavy atom. The molecule has 8 heteroatoms. The molecule has 1 aliphatic heterocycles. The lowest BCUT2D eigenvalue weighted by Crippen LogP contribution is -2.46. The Kier molecular flexibility index (Phi) is 5.15. The predicted molar refractivity (Wildman–Crippen MR) is 102 cm³/mol. The molecule has 1 aliphatic rings. The van der Waals surface area contributed by atoms with Crippen LogP contribution in [0.5, 0.6) is 0 Å². The van der Waals surface area contributed by atoms with Crippen molar-refractivity contribution in [3.8, 4) is 0 Å². The van der Waals surface area contributed by atoms with Gasteiger partial charge in [-0.25, -0.2) is 9.37 Å². The number of nitrogens with one attached hydrogen (secondary N) is 1. The van der Waals surface area contributed by atoms with Gasteiger partial charge in [-0.3, -0.25) is 4.90 Å². The second-order valence-electron chi connectivity index (χ2n) is 6.76. The van der Waals surface area contributed by atoms with Gasteiger partial charge in [-0.2, -0.15) is 4.98 Å². The Labute approximate surface area is 157 Å². The SMILES string of the molecule is Cc1noc2ncnc(NCCCN3CCN(c4ccc(F)cc4)CC3)c12. The summed E-state index contributed by atoms with van der Waals surface area (Å²) < 4.78 is 18.2. The van der Waals surface area contributed by atoms with Crippen LogP contribution in [0.25, 0.3) is 11.1 Å². The summed E-state index contributed by atoms with van der Waals surface area (Å²) in [6, 6.07) is 6.75. The van der Waals surface area contributed by atoms with Crippen molar-refractivity contribution in [1.29, 1.82) is 0 Å². The molecule has 4 rings (SSSR count). The Hall–Kier alpha value is -2.74. The van der Waals surface area contributed by atoms with Crippen molar-refractivity contribution in [3.63, 3.8) is 0 Å². The number of hydrogen-bond donors (Lipinski definition) is 1. The summed E-state index contributed by atoms with van der Waals surface area (Å²) in [5, 5.41) is 8.17. The van der Waals surface area contributed by atoms with E-state index < -0.39 is 0 Å². The summed E-state index contributed by atoms with van der Waals surface area (Å²) in [7, 11) is 0. The van der Waals surface area contributed by atoms with E-state index in [1.54, 1.807) is 0 Å². The highest BCUT2D eigenvalue weighted by molar-refractivity contribution is 5.87. The van der Waals surface area contributed by atoms with E-state index in [-0.39, 0.29) is 5.82 Å². The number of halogens is 1. The lowest BCUT2D eigenvalue weighted by atomic mass is 10.2. The van der Waals surface area contributed by atoms with E-state index in [0.717, 1.165) is 68.3 Å². The second kappa shape index (κ2) is 7.87. The molecule has 0 aliphatic carbocycles. The van der Waals surface area contributed by atoms with Gasteiger partial charge in [0.1, 0.15) is 23.3 Å². The Bertz CT molecular complexity index is 889. The molecule has 7 nitrogen and oxygen atoms in total. The number of anilines is 2.